The Morgan fingerprint density at radius 1 is 1.09 bits per heavy atom. The molecule has 0 bridgehead atoms. The lowest BCUT2D eigenvalue weighted by Gasteiger charge is -2.38. The van der Waals surface area contributed by atoms with Gasteiger partial charge in [-0.2, -0.15) is 4.31 Å². The molecule has 0 spiro atoms. The van der Waals surface area contributed by atoms with Crippen molar-refractivity contribution in [3.8, 4) is 11.3 Å². The van der Waals surface area contributed by atoms with E-state index in [-0.39, 0.29) is 23.9 Å². The molecular formula is C23H25N3O4S2. The van der Waals surface area contributed by atoms with Crippen LogP contribution in [0.25, 0.3) is 11.3 Å². The Hall–Kier alpha value is -2.75. The van der Waals surface area contributed by atoms with Gasteiger partial charge in [-0.15, -0.1) is 11.3 Å². The molecule has 1 saturated heterocycles. The molecule has 1 unspecified atom stereocenters. The first-order valence-electron chi connectivity index (χ1n) is 10.4. The topological polar surface area (TPSA) is 90.8 Å². The molecule has 7 nitrogen and oxygen atoms in total. The number of hydrogen-bond donors (Lipinski definition) is 1. The quantitative estimate of drug-likeness (QED) is 0.586. The van der Waals surface area contributed by atoms with E-state index in [0.29, 0.717) is 11.7 Å². The van der Waals surface area contributed by atoms with Gasteiger partial charge < -0.3 is 10.0 Å². The van der Waals surface area contributed by atoms with E-state index in [1.54, 1.807) is 24.3 Å². The zero-order chi connectivity index (χ0) is 22.9. The summed E-state index contributed by atoms with van der Waals surface area (Å²) in [5.41, 5.74) is 2.83. The third-order valence-corrected chi connectivity index (χ3v) is 8.43. The number of anilines is 1. The van der Waals surface area contributed by atoms with Crippen molar-refractivity contribution in [2.45, 2.75) is 30.7 Å². The van der Waals surface area contributed by atoms with E-state index in [4.69, 9.17) is 0 Å². The number of carbonyl (C=O) groups is 1. The number of nitrogens with zero attached hydrogens (tertiary/aromatic N) is 3. The lowest BCUT2D eigenvalue weighted by atomic mass is 10.0. The average molecular weight is 472 g/mol. The molecule has 0 saturated carbocycles. The Kier molecular flexibility index (Phi) is 6.32. The Balaban J connectivity index is 1.56. The van der Waals surface area contributed by atoms with E-state index in [9.17, 15) is 18.3 Å². The second kappa shape index (κ2) is 9.01. The molecule has 0 amide bonds. The monoisotopic (exact) mass is 471 g/mol. The van der Waals surface area contributed by atoms with Crippen molar-refractivity contribution < 1.29 is 18.3 Å². The standard InChI is InChI=1S/C23H25N3O4S2/c1-16(2)17-8-10-19(11-9-17)32(29,30)26-13-12-25(14-21(26)22(27)28)23-24-20(15-31-23)18-6-4-3-5-7-18/h3-11,15-16,21H,12-14H2,1-2H3,(H,27,28). The summed E-state index contributed by atoms with van der Waals surface area (Å²) in [5, 5.41) is 12.5. The molecule has 1 aromatic heterocycles. The van der Waals surface area contributed by atoms with E-state index in [1.165, 1.54) is 11.3 Å². The number of thiazole rings is 1. The van der Waals surface area contributed by atoms with Crippen LogP contribution in [0.1, 0.15) is 25.3 Å². The van der Waals surface area contributed by atoms with Crippen molar-refractivity contribution in [2.24, 2.45) is 0 Å². The number of aliphatic carboxylic acids is 1. The summed E-state index contributed by atoms with van der Waals surface area (Å²) in [6.07, 6.45) is 0. The van der Waals surface area contributed by atoms with Crippen molar-refractivity contribution in [1.29, 1.82) is 0 Å². The minimum Gasteiger partial charge on any atom is -0.480 e. The van der Waals surface area contributed by atoms with Crippen LogP contribution in [0, 0.1) is 0 Å². The van der Waals surface area contributed by atoms with Crippen LogP contribution in [-0.4, -0.2) is 54.5 Å². The van der Waals surface area contributed by atoms with E-state index < -0.39 is 22.0 Å². The molecule has 1 aliphatic rings. The van der Waals surface area contributed by atoms with Gasteiger partial charge >= 0.3 is 5.97 Å². The number of hydrogen-bond acceptors (Lipinski definition) is 6. The molecule has 1 atom stereocenters. The summed E-state index contributed by atoms with van der Waals surface area (Å²) in [7, 11) is -3.93. The van der Waals surface area contributed by atoms with Crippen LogP contribution in [0.5, 0.6) is 0 Å². The number of rotatable bonds is 6. The van der Waals surface area contributed by atoms with Gasteiger partial charge in [0.05, 0.1) is 10.6 Å². The molecule has 4 rings (SSSR count). The molecule has 0 aliphatic carbocycles. The maximum atomic E-state index is 13.2. The van der Waals surface area contributed by atoms with Crippen LogP contribution in [-0.2, 0) is 14.8 Å². The van der Waals surface area contributed by atoms with Crippen molar-refractivity contribution in [1.82, 2.24) is 9.29 Å². The zero-order valence-electron chi connectivity index (χ0n) is 17.9. The Labute approximate surface area is 192 Å². The van der Waals surface area contributed by atoms with Crippen LogP contribution in [0.4, 0.5) is 5.13 Å². The third kappa shape index (κ3) is 4.41. The van der Waals surface area contributed by atoms with Crippen LogP contribution in [0.15, 0.2) is 64.9 Å². The molecule has 1 fully saturated rings. The molecule has 3 aromatic rings. The van der Waals surface area contributed by atoms with E-state index >= 15 is 0 Å². The number of benzene rings is 2. The molecule has 0 radical (unpaired) electrons. The van der Waals surface area contributed by atoms with Crippen molar-refractivity contribution in [2.75, 3.05) is 24.5 Å². The highest BCUT2D eigenvalue weighted by Crippen LogP contribution is 2.30. The van der Waals surface area contributed by atoms with Gasteiger partial charge in [-0.1, -0.05) is 56.3 Å². The smallest absolute Gasteiger partial charge is 0.323 e. The van der Waals surface area contributed by atoms with Gasteiger partial charge in [0.25, 0.3) is 0 Å². The summed E-state index contributed by atoms with van der Waals surface area (Å²) in [6.45, 7) is 4.55. The highest BCUT2D eigenvalue weighted by Gasteiger charge is 2.40. The molecule has 2 heterocycles. The molecule has 2 aromatic carbocycles. The van der Waals surface area contributed by atoms with Crippen molar-refractivity contribution in [3.05, 3.63) is 65.5 Å². The number of piperazine rings is 1. The van der Waals surface area contributed by atoms with Crippen molar-refractivity contribution in [3.63, 3.8) is 0 Å². The van der Waals surface area contributed by atoms with Gasteiger partial charge in [-0.25, -0.2) is 13.4 Å². The lowest BCUT2D eigenvalue weighted by Crippen LogP contribution is -2.58. The fourth-order valence-electron chi connectivity index (χ4n) is 3.74. The minimum absolute atomic E-state index is 0.0420. The lowest BCUT2D eigenvalue weighted by molar-refractivity contribution is -0.141. The van der Waals surface area contributed by atoms with E-state index in [2.05, 4.69) is 4.98 Å². The number of aromatic nitrogens is 1. The van der Waals surface area contributed by atoms with E-state index in [0.717, 1.165) is 21.1 Å². The third-order valence-electron chi connectivity index (χ3n) is 5.60. The van der Waals surface area contributed by atoms with Crippen LogP contribution < -0.4 is 4.90 Å². The number of carboxylic acids is 1. The molecule has 1 aliphatic heterocycles. The highest BCUT2D eigenvalue weighted by molar-refractivity contribution is 7.89. The highest BCUT2D eigenvalue weighted by atomic mass is 32.2. The van der Waals surface area contributed by atoms with Crippen LogP contribution >= 0.6 is 11.3 Å². The Morgan fingerprint density at radius 2 is 1.78 bits per heavy atom. The second-order valence-electron chi connectivity index (χ2n) is 8.02. The van der Waals surface area contributed by atoms with Gasteiger partial charge in [-0.05, 0) is 23.6 Å². The summed E-state index contributed by atoms with van der Waals surface area (Å²) in [6, 6.07) is 15.2. The second-order valence-corrected chi connectivity index (χ2v) is 10.7. The van der Waals surface area contributed by atoms with E-state index in [1.807, 2.05) is 54.5 Å². The first-order chi connectivity index (χ1) is 15.3. The fourth-order valence-corrected chi connectivity index (χ4v) is 6.18. The Bertz CT molecular complexity index is 1190. The van der Waals surface area contributed by atoms with Gasteiger partial charge in [0.2, 0.25) is 10.0 Å². The SMILES string of the molecule is CC(C)c1ccc(S(=O)(=O)N2CCN(c3nc(-c4ccccc4)cs3)CC2C(=O)O)cc1. The Morgan fingerprint density at radius 3 is 2.41 bits per heavy atom. The predicted octanol–water partition coefficient (Wildman–Crippen LogP) is 3.90. The van der Waals surface area contributed by atoms with Gasteiger partial charge in [0.15, 0.2) is 5.13 Å². The normalized spacial score (nSPS) is 17.6. The first kappa shape index (κ1) is 22.4. The van der Waals surface area contributed by atoms with Crippen LogP contribution in [0.3, 0.4) is 0 Å². The summed E-state index contributed by atoms with van der Waals surface area (Å²) < 4.78 is 27.6. The summed E-state index contributed by atoms with van der Waals surface area (Å²) in [5.74, 6) is -0.891. The maximum absolute atomic E-state index is 13.2. The fraction of sp³-hybridized carbons (Fsp3) is 0.304. The molecule has 168 valence electrons. The summed E-state index contributed by atoms with van der Waals surface area (Å²) >= 11 is 1.43. The molecule has 1 N–H and O–H groups in total. The predicted molar refractivity (Wildman–Crippen MR) is 126 cm³/mol. The summed E-state index contributed by atoms with van der Waals surface area (Å²) in [4.78, 5) is 18.7. The number of carboxylic acid groups (broad SMARTS) is 1. The van der Waals surface area contributed by atoms with Gasteiger partial charge in [-0.3, -0.25) is 4.79 Å². The minimum atomic E-state index is -3.93. The zero-order valence-corrected chi connectivity index (χ0v) is 19.5. The largest absolute Gasteiger partial charge is 0.480 e. The maximum Gasteiger partial charge on any atom is 0.323 e. The van der Waals surface area contributed by atoms with Gasteiger partial charge in [0, 0.05) is 30.6 Å². The van der Waals surface area contributed by atoms with Gasteiger partial charge in [0.1, 0.15) is 6.04 Å². The molecule has 9 heteroatoms. The average Bonchev–Trinajstić information content (AvgIpc) is 3.29. The van der Waals surface area contributed by atoms with Crippen LogP contribution in [0.2, 0.25) is 0 Å². The molecular weight excluding hydrogens is 446 g/mol. The van der Waals surface area contributed by atoms with Crippen molar-refractivity contribution >= 4 is 32.5 Å². The molecule has 32 heavy (non-hydrogen) atoms. The first-order valence-corrected chi connectivity index (χ1v) is 12.7. The number of sulfonamides is 1.